The molecule has 19 heavy (non-hydrogen) atoms. The van der Waals surface area contributed by atoms with E-state index in [2.05, 4.69) is 5.32 Å². The first kappa shape index (κ1) is 15.9. The van der Waals surface area contributed by atoms with Crippen LogP contribution in [0.1, 0.15) is 5.56 Å². The second-order valence-corrected chi connectivity index (χ2v) is 6.10. The minimum Gasteiger partial charge on any atom is -0.316 e. The number of alkyl halides is 3. The van der Waals surface area contributed by atoms with Crippen molar-refractivity contribution in [3.8, 4) is 0 Å². The Morgan fingerprint density at radius 3 is 2.47 bits per heavy atom. The Labute approximate surface area is 110 Å². The van der Waals surface area contributed by atoms with E-state index in [-0.39, 0.29) is 4.90 Å². The second-order valence-electron chi connectivity index (χ2n) is 4.05. The topological polar surface area (TPSA) is 49.4 Å². The van der Waals surface area contributed by atoms with E-state index >= 15 is 0 Å². The van der Waals surface area contributed by atoms with Crippen LogP contribution in [0.3, 0.4) is 0 Å². The van der Waals surface area contributed by atoms with Crippen molar-refractivity contribution in [2.75, 3.05) is 20.6 Å². The molecule has 0 amide bonds. The van der Waals surface area contributed by atoms with Gasteiger partial charge in [0.25, 0.3) is 0 Å². The zero-order chi connectivity index (χ0) is 14.7. The van der Waals surface area contributed by atoms with Crippen LogP contribution in [0.5, 0.6) is 0 Å². The normalized spacial score (nSPS) is 12.9. The predicted octanol–water partition coefficient (Wildman–Crippen LogP) is 1.59. The van der Waals surface area contributed by atoms with Gasteiger partial charge in [-0.05, 0) is 24.7 Å². The minimum absolute atomic E-state index is 0.146. The van der Waals surface area contributed by atoms with E-state index in [0.717, 1.165) is 7.05 Å². The van der Waals surface area contributed by atoms with E-state index in [1.807, 2.05) is 0 Å². The molecule has 0 heterocycles. The number of hydrogen-bond donors (Lipinski definition) is 1. The average Bonchev–Trinajstić information content (AvgIpc) is 2.27. The molecule has 1 rings (SSSR count). The molecule has 0 aromatic heterocycles. The van der Waals surface area contributed by atoms with Gasteiger partial charge in [0.15, 0.2) is 0 Å². The molecule has 108 valence electrons. The average molecular weight is 296 g/mol. The molecule has 0 atom stereocenters. The monoisotopic (exact) mass is 296 g/mol. The quantitative estimate of drug-likeness (QED) is 0.897. The fourth-order valence-electron chi connectivity index (χ4n) is 1.54. The standard InChI is InChI=1S/C11H15F3N2O2S/c1-15-7-9-4-3-5-10(6-9)19(17,18)16(2)8-11(12,13)14/h3-6,15H,7-8H2,1-2H3. The summed E-state index contributed by atoms with van der Waals surface area (Å²) in [6.07, 6.45) is -4.57. The van der Waals surface area contributed by atoms with Gasteiger partial charge in [0.1, 0.15) is 6.54 Å². The summed E-state index contributed by atoms with van der Waals surface area (Å²) in [5, 5.41) is 2.84. The highest BCUT2D eigenvalue weighted by molar-refractivity contribution is 7.89. The Morgan fingerprint density at radius 2 is 1.95 bits per heavy atom. The molecule has 1 N–H and O–H groups in total. The molecule has 1 aromatic rings. The Bertz CT molecular complexity index is 529. The summed E-state index contributed by atoms with van der Waals surface area (Å²) in [5.74, 6) is 0. The fourth-order valence-corrected chi connectivity index (χ4v) is 2.76. The Kier molecular flexibility index (Phi) is 4.94. The van der Waals surface area contributed by atoms with Crippen LogP contribution in [0, 0.1) is 0 Å². The zero-order valence-corrected chi connectivity index (χ0v) is 11.3. The molecule has 0 saturated heterocycles. The first-order valence-electron chi connectivity index (χ1n) is 5.43. The van der Waals surface area contributed by atoms with Gasteiger partial charge >= 0.3 is 6.18 Å². The molecule has 0 spiro atoms. The van der Waals surface area contributed by atoms with Crippen LogP contribution in [0.2, 0.25) is 0 Å². The maximum absolute atomic E-state index is 12.2. The van der Waals surface area contributed by atoms with Gasteiger partial charge in [-0.2, -0.15) is 17.5 Å². The molecule has 0 saturated carbocycles. The molecule has 0 aliphatic carbocycles. The molecule has 0 radical (unpaired) electrons. The van der Waals surface area contributed by atoms with Crippen molar-refractivity contribution in [2.45, 2.75) is 17.6 Å². The van der Waals surface area contributed by atoms with Gasteiger partial charge in [0.05, 0.1) is 4.90 Å². The van der Waals surface area contributed by atoms with Crippen molar-refractivity contribution < 1.29 is 21.6 Å². The van der Waals surface area contributed by atoms with Gasteiger partial charge < -0.3 is 5.32 Å². The van der Waals surface area contributed by atoms with Crippen LogP contribution in [-0.2, 0) is 16.6 Å². The van der Waals surface area contributed by atoms with E-state index in [1.165, 1.54) is 18.2 Å². The van der Waals surface area contributed by atoms with Crippen LogP contribution in [0.15, 0.2) is 29.2 Å². The summed E-state index contributed by atoms with van der Waals surface area (Å²) in [6.45, 7) is -1.07. The molecule has 8 heteroatoms. The molecule has 0 aliphatic heterocycles. The van der Waals surface area contributed by atoms with E-state index in [0.29, 0.717) is 16.4 Å². The smallest absolute Gasteiger partial charge is 0.316 e. The molecule has 1 aromatic carbocycles. The van der Waals surface area contributed by atoms with E-state index < -0.39 is 22.7 Å². The van der Waals surface area contributed by atoms with Crippen molar-refractivity contribution in [3.05, 3.63) is 29.8 Å². The highest BCUT2D eigenvalue weighted by Crippen LogP contribution is 2.21. The number of nitrogens with one attached hydrogen (secondary N) is 1. The van der Waals surface area contributed by atoms with Gasteiger partial charge in [-0.1, -0.05) is 12.1 Å². The van der Waals surface area contributed by atoms with Gasteiger partial charge in [0.2, 0.25) is 10.0 Å². The number of sulfonamides is 1. The highest BCUT2D eigenvalue weighted by atomic mass is 32.2. The first-order chi connectivity index (χ1) is 8.66. The number of nitrogens with zero attached hydrogens (tertiary/aromatic N) is 1. The lowest BCUT2D eigenvalue weighted by Gasteiger charge is -2.19. The summed E-state index contributed by atoms with van der Waals surface area (Å²) in [4.78, 5) is -0.146. The van der Waals surface area contributed by atoms with E-state index in [1.54, 1.807) is 13.1 Å². The SMILES string of the molecule is CNCc1cccc(S(=O)(=O)N(C)CC(F)(F)F)c1. The number of hydrogen-bond acceptors (Lipinski definition) is 3. The van der Waals surface area contributed by atoms with Crippen molar-refractivity contribution in [1.29, 1.82) is 0 Å². The minimum atomic E-state index is -4.57. The Hall–Kier alpha value is -1.12. The van der Waals surface area contributed by atoms with Gasteiger partial charge in [-0.3, -0.25) is 0 Å². The predicted molar refractivity (Wildman–Crippen MR) is 65.1 cm³/mol. The Morgan fingerprint density at radius 1 is 1.32 bits per heavy atom. The molecule has 0 unspecified atom stereocenters. The molecule has 0 bridgehead atoms. The van der Waals surface area contributed by atoms with Crippen molar-refractivity contribution in [2.24, 2.45) is 0 Å². The highest BCUT2D eigenvalue weighted by Gasteiger charge is 2.34. The van der Waals surface area contributed by atoms with Crippen LogP contribution in [0.25, 0.3) is 0 Å². The summed E-state index contributed by atoms with van der Waals surface area (Å²) in [6, 6.07) is 5.83. The summed E-state index contributed by atoms with van der Waals surface area (Å²) in [5.41, 5.74) is 0.684. The zero-order valence-electron chi connectivity index (χ0n) is 10.5. The van der Waals surface area contributed by atoms with Crippen LogP contribution in [0.4, 0.5) is 13.2 Å². The lowest BCUT2D eigenvalue weighted by atomic mass is 10.2. The van der Waals surface area contributed by atoms with Crippen molar-refractivity contribution in [1.82, 2.24) is 9.62 Å². The van der Waals surface area contributed by atoms with Crippen LogP contribution >= 0.6 is 0 Å². The fraction of sp³-hybridized carbons (Fsp3) is 0.455. The van der Waals surface area contributed by atoms with Crippen LogP contribution < -0.4 is 5.32 Å². The second kappa shape index (κ2) is 5.89. The first-order valence-corrected chi connectivity index (χ1v) is 6.87. The lowest BCUT2D eigenvalue weighted by Crippen LogP contribution is -2.35. The third-order valence-corrected chi connectivity index (χ3v) is 4.19. The number of rotatable bonds is 5. The van der Waals surface area contributed by atoms with Gasteiger partial charge in [0, 0.05) is 13.6 Å². The molecule has 4 nitrogen and oxygen atoms in total. The number of halogens is 3. The molecular weight excluding hydrogens is 281 g/mol. The molecule has 0 fully saturated rings. The van der Waals surface area contributed by atoms with E-state index in [4.69, 9.17) is 0 Å². The maximum atomic E-state index is 12.2. The van der Waals surface area contributed by atoms with Gasteiger partial charge in [-0.25, -0.2) is 8.42 Å². The Balaban J connectivity index is 3.03. The van der Waals surface area contributed by atoms with Crippen molar-refractivity contribution in [3.63, 3.8) is 0 Å². The summed E-state index contributed by atoms with van der Waals surface area (Å²) in [7, 11) is -1.53. The molecule has 0 aliphatic rings. The van der Waals surface area contributed by atoms with Crippen molar-refractivity contribution >= 4 is 10.0 Å². The largest absolute Gasteiger partial charge is 0.402 e. The third-order valence-electron chi connectivity index (χ3n) is 2.39. The summed E-state index contributed by atoms with van der Waals surface area (Å²) >= 11 is 0. The lowest BCUT2D eigenvalue weighted by molar-refractivity contribution is -0.134. The van der Waals surface area contributed by atoms with Gasteiger partial charge in [-0.15, -0.1) is 0 Å². The number of benzene rings is 1. The van der Waals surface area contributed by atoms with Crippen LogP contribution in [-0.4, -0.2) is 39.5 Å². The van der Waals surface area contributed by atoms with E-state index in [9.17, 15) is 21.6 Å². The summed E-state index contributed by atoms with van der Waals surface area (Å²) < 4.78 is 60.9. The molecular formula is C11H15F3N2O2S. The maximum Gasteiger partial charge on any atom is 0.402 e. The third kappa shape index (κ3) is 4.48.